The van der Waals surface area contributed by atoms with Crippen LogP contribution in [-0.4, -0.2) is 14.1 Å². The van der Waals surface area contributed by atoms with E-state index in [9.17, 15) is 0 Å². The van der Waals surface area contributed by atoms with Gasteiger partial charge in [0.25, 0.3) is 0 Å². The lowest BCUT2D eigenvalue weighted by Crippen LogP contribution is -2.13. The zero-order valence-corrected chi connectivity index (χ0v) is 9.09. The Morgan fingerprint density at radius 2 is 2.33 bits per heavy atom. The molecule has 2 heterocycles. The first-order chi connectivity index (χ1) is 7.18. The number of hydrogen-bond donors (Lipinski definition) is 1. The average Bonchev–Trinajstić information content (AvgIpc) is 2.77. The van der Waals surface area contributed by atoms with E-state index in [2.05, 4.69) is 15.6 Å². The van der Waals surface area contributed by atoms with Crippen molar-refractivity contribution in [2.45, 2.75) is 19.5 Å². The summed E-state index contributed by atoms with van der Waals surface area (Å²) in [7, 11) is 2.00. The predicted molar refractivity (Wildman–Crippen MR) is 59.3 cm³/mol. The smallest absolute Gasteiger partial charge is 0.0946 e. The van der Waals surface area contributed by atoms with Crippen LogP contribution in [0, 0.1) is 0 Å². The molecule has 2 rings (SSSR count). The number of imidazole rings is 1. The molecule has 0 radical (unpaired) electrons. The van der Waals surface area contributed by atoms with Gasteiger partial charge in [0.05, 0.1) is 18.6 Å². The van der Waals surface area contributed by atoms with E-state index < -0.39 is 0 Å². The third-order valence-electron chi connectivity index (χ3n) is 2.58. The molecule has 2 aromatic heterocycles. The van der Waals surface area contributed by atoms with Crippen LogP contribution in [-0.2, 0) is 13.6 Å². The topological polar surface area (TPSA) is 48.8 Å². The highest BCUT2D eigenvalue weighted by Crippen LogP contribution is 2.12. The van der Waals surface area contributed by atoms with Gasteiger partial charge in [-0.2, -0.15) is 0 Å². The van der Waals surface area contributed by atoms with Crippen molar-refractivity contribution in [3.05, 3.63) is 42.2 Å². The molecule has 0 bridgehead atoms. The minimum absolute atomic E-state index is 0.0632. The average molecular weight is 204 g/mol. The Morgan fingerprint density at radius 3 is 2.93 bits per heavy atom. The van der Waals surface area contributed by atoms with Crippen molar-refractivity contribution in [2.75, 3.05) is 0 Å². The molecule has 4 heteroatoms. The summed E-state index contributed by atoms with van der Waals surface area (Å²) in [6, 6.07) is 4.14. The summed E-state index contributed by atoms with van der Waals surface area (Å²) in [6.07, 6.45) is 5.74. The summed E-state index contributed by atoms with van der Waals surface area (Å²) in [5, 5.41) is 0. The van der Waals surface area contributed by atoms with Gasteiger partial charge in [-0.1, -0.05) is 0 Å². The van der Waals surface area contributed by atoms with Gasteiger partial charge in [0.15, 0.2) is 0 Å². The quantitative estimate of drug-likeness (QED) is 0.819. The lowest BCUT2D eigenvalue weighted by atomic mass is 10.2. The van der Waals surface area contributed by atoms with E-state index in [1.165, 1.54) is 5.69 Å². The van der Waals surface area contributed by atoms with Crippen LogP contribution in [0.15, 0.2) is 30.9 Å². The van der Waals surface area contributed by atoms with E-state index >= 15 is 0 Å². The number of aromatic nitrogens is 3. The summed E-state index contributed by atoms with van der Waals surface area (Å²) in [5.41, 5.74) is 8.21. The van der Waals surface area contributed by atoms with Crippen molar-refractivity contribution in [3.8, 4) is 0 Å². The zero-order chi connectivity index (χ0) is 10.8. The van der Waals surface area contributed by atoms with Gasteiger partial charge >= 0.3 is 0 Å². The number of rotatable bonds is 3. The van der Waals surface area contributed by atoms with Gasteiger partial charge in [-0.3, -0.25) is 0 Å². The van der Waals surface area contributed by atoms with E-state index in [0.717, 1.165) is 12.2 Å². The fraction of sp³-hybridized carbons (Fsp3) is 0.364. The molecule has 0 aromatic carbocycles. The van der Waals surface area contributed by atoms with Crippen LogP contribution in [0.2, 0.25) is 0 Å². The van der Waals surface area contributed by atoms with Gasteiger partial charge in [0.1, 0.15) is 0 Å². The molecule has 0 saturated heterocycles. The molecule has 15 heavy (non-hydrogen) atoms. The van der Waals surface area contributed by atoms with Crippen LogP contribution in [0.4, 0.5) is 0 Å². The van der Waals surface area contributed by atoms with Crippen molar-refractivity contribution in [3.63, 3.8) is 0 Å². The largest absolute Gasteiger partial charge is 0.344 e. The maximum atomic E-state index is 5.88. The predicted octanol–water partition coefficient (Wildman–Crippen LogP) is 1.29. The number of hydrogen-bond acceptors (Lipinski definition) is 2. The van der Waals surface area contributed by atoms with Gasteiger partial charge < -0.3 is 14.9 Å². The molecule has 1 atom stereocenters. The molecule has 4 nitrogen and oxygen atoms in total. The second kappa shape index (κ2) is 3.90. The molecule has 0 aliphatic heterocycles. The van der Waals surface area contributed by atoms with Crippen LogP contribution in [0.25, 0.3) is 0 Å². The Bertz CT molecular complexity index is 439. The van der Waals surface area contributed by atoms with Gasteiger partial charge in [-0.05, 0) is 19.1 Å². The minimum atomic E-state index is 0.0632. The fourth-order valence-electron chi connectivity index (χ4n) is 1.70. The molecule has 2 N–H and O–H groups in total. The number of nitrogens with zero attached hydrogens (tertiary/aromatic N) is 3. The Labute approximate surface area is 89.3 Å². The van der Waals surface area contributed by atoms with Crippen LogP contribution >= 0.6 is 0 Å². The second-order valence-electron chi connectivity index (χ2n) is 3.85. The van der Waals surface area contributed by atoms with Crippen molar-refractivity contribution in [2.24, 2.45) is 12.8 Å². The minimum Gasteiger partial charge on any atom is -0.344 e. The van der Waals surface area contributed by atoms with Gasteiger partial charge in [-0.25, -0.2) is 4.98 Å². The van der Waals surface area contributed by atoms with Crippen LogP contribution in [0.1, 0.15) is 24.4 Å². The maximum Gasteiger partial charge on any atom is 0.0946 e. The van der Waals surface area contributed by atoms with Crippen LogP contribution in [0.3, 0.4) is 0 Å². The molecule has 1 unspecified atom stereocenters. The van der Waals surface area contributed by atoms with E-state index in [0.29, 0.717) is 0 Å². The van der Waals surface area contributed by atoms with E-state index in [4.69, 9.17) is 5.73 Å². The fourth-order valence-corrected chi connectivity index (χ4v) is 1.70. The first-order valence-corrected chi connectivity index (χ1v) is 5.04. The highest BCUT2D eigenvalue weighted by atomic mass is 15.1. The molecule has 0 aliphatic carbocycles. The Hall–Kier alpha value is -1.55. The van der Waals surface area contributed by atoms with Crippen LogP contribution in [0.5, 0.6) is 0 Å². The molecule has 0 fully saturated rings. The van der Waals surface area contributed by atoms with Gasteiger partial charge in [-0.15, -0.1) is 0 Å². The second-order valence-corrected chi connectivity index (χ2v) is 3.85. The monoisotopic (exact) mass is 204 g/mol. The summed E-state index contributed by atoms with van der Waals surface area (Å²) < 4.78 is 4.17. The molecule has 80 valence electrons. The van der Waals surface area contributed by atoms with Gasteiger partial charge in [0, 0.05) is 31.2 Å². The van der Waals surface area contributed by atoms with Gasteiger partial charge in [0.2, 0.25) is 0 Å². The third kappa shape index (κ3) is 1.94. The van der Waals surface area contributed by atoms with Crippen LogP contribution < -0.4 is 5.73 Å². The zero-order valence-electron chi connectivity index (χ0n) is 9.09. The Morgan fingerprint density at radius 1 is 1.53 bits per heavy atom. The lowest BCUT2D eigenvalue weighted by Gasteiger charge is -2.11. The Kier molecular flexibility index (Phi) is 2.60. The van der Waals surface area contributed by atoms with Crippen molar-refractivity contribution < 1.29 is 0 Å². The van der Waals surface area contributed by atoms with Crippen molar-refractivity contribution in [1.82, 2.24) is 14.1 Å². The van der Waals surface area contributed by atoms with Crippen molar-refractivity contribution in [1.29, 1.82) is 0 Å². The third-order valence-corrected chi connectivity index (χ3v) is 2.58. The summed E-state index contributed by atoms with van der Waals surface area (Å²) in [5.74, 6) is 0. The maximum absolute atomic E-state index is 5.88. The van der Waals surface area contributed by atoms with E-state index in [1.807, 2.05) is 43.3 Å². The summed E-state index contributed by atoms with van der Waals surface area (Å²) in [6.45, 7) is 2.81. The number of nitrogens with two attached hydrogens (primary N) is 1. The summed E-state index contributed by atoms with van der Waals surface area (Å²) in [4.78, 5) is 4.10. The molecule has 0 saturated carbocycles. The summed E-state index contributed by atoms with van der Waals surface area (Å²) >= 11 is 0. The Balaban J connectivity index is 2.25. The molecule has 0 amide bonds. The first-order valence-electron chi connectivity index (χ1n) is 5.04. The lowest BCUT2D eigenvalue weighted by molar-refractivity contribution is 0.650. The normalized spacial score (nSPS) is 13.0. The highest BCUT2D eigenvalue weighted by molar-refractivity contribution is 5.13. The molecule has 0 aliphatic rings. The molecule has 0 spiro atoms. The highest BCUT2D eigenvalue weighted by Gasteiger charge is 2.07. The van der Waals surface area contributed by atoms with E-state index in [1.54, 1.807) is 0 Å². The van der Waals surface area contributed by atoms with Crippen molar-refractivity contribution >= 4 is 0 Å². The molecular weight excluding hydrogens is 188 g/mol. The standard InChI is InChI=1S/C11H16N4/c1-9(12)11-4-3-5-15(11)7-10-6-13-8-14(10)2/h3-6,8-9H,7,12H2,1-2H3. The molecular formula is C11H16N4. The number of aryl methyl sites for hydroxylation is 1. The SMILES string of the molecule is CC(N)c1cccn1Cc1cncn1C. The molecule has 2 aromatic rings. The first kappa shape index (κ1) is 9.98. The van der Waals surface area contributed by atoms with E-state index in [-0.39, 0.29) is 6.04 Å².